The van der Waals surface area contributed by atoms with Gasteiger partial charge in [-0.25, -0.2) is 0 Å². The number of aliphatic hydroxyl groups excluding tert-OH is 1. The van der Waals surface area contributed by atoms with Crippen LogP contribution in [0.5, 0.6) is 11.5 Å². The minimum Gasteiger partial charge on any atom is -0.507 e. The Kier molecular flexibility index (Phi) is 5.48. The zero-order valence-electron chi connectivity index (χ0n) is 17.4. The van der Waals surface area contributed by atoms with E-state index >= 15 is 0 Å². The molecule has 5 rings (SSSR count). The Morgan fingerprint density at radius 1 is 1.06 bits per heavy atom. The zero-order valence-corrected chi connectivity index (χ0v) is 18.2. The van der Waals surface area contributed by atoms with Crippen molar-refractivity contribution in [3.8, 4) is 11.5 Å². The first-order valence-corrected chi connectivity index (χ1v) is 10.7. The molecule has 0 spiro atoms. The Balaban J connectivity index is 1.64. The number of Topliss-reactive ketones (excluding diaryl/α,β-unsaturated/α-hetero) is 1. The van der Waals surface area contributed by atoms with Gasteiger partial charge >= 0.3 is 0 Å². The van der Waals surface area contributed by atoms with Gasteiger partial charge in [-0.1, -0.05) is 29.8 Å². The van der Waals surface area contributed by atoms with Crippen LogP contribution in [0.2, 0.25) is 5.02 Å². The summed E-state index contributed by atoms with van der Waals surface area (Å²) in [5, 5.41) is 11.7. The van der Waals surface area contributed by atoms with Gasteiger partial charge in [0.15, 0.2) is 11.5 Å². The van der Waals surface area contributed by atoms with Gasteiger partial charge in [0.05, 0.1) is 11.6 Å². The van der Waals surface area contributed by atoms with Crippen molar-refractivity contribution in [3.63, 3.8) is 0 Å². The minimum atomic E-state index is -0.822. The van der Waals surface area contributed by atoms with Crippen LogP contribution in [0.25, 0.3) is 5.76 Å². The number of benzene rings is 2. The molecule has 8 heteroatoms. The predicted octanol–water partition coefficient (Wildman–Crippen LogP) is 4.13. The van der Waals surface area contributed by atoms with Gasteiger partial charge < -0.3 is 19.5 Å². The lowest BCUT2D eigenvalue weighted by Gasteiger charge is -2.25. The Morgan fingerprint density at radius 2 is 1.88 bits per heavy atom. The maximum atomic E-state index is 13.2. The number of likely N-dealkylation sites (tertiary alicyclic amines) is 1. The zero-order chi connectivity index (χ0) is 22.9. The molecule has 3 aromatic rings. The predicted molar refractivity (Wildman–Crippen MR) is 121 cm³/mol. The smallest absolute Gasteiger partial charge is 0.295 e. The van der Waals surface area contributed by atoms with Crippen molar-refractivity contribution in [1.82, 2.24) is 9.88 Å². The van der Waals surface area contributed by atoms with Gasteiger partial charge in [0.25, 0.3) is 11.7 Å². The SMILES string of the molecule is O=C1C(=O)N(Cc2cccnc2)[C@@H](c2cccc(Cl)c2)/C1=C(\O)c1ccc2c(c1)OCCO2. The van der Waals surface area contributed by atoms with E-state index in [0.717, 1.165) is 5.56 Å². The second-order valence-corrected chi connectivity index (χ2v) is 8.14. The molecule has 2 aliphatic rings. The first-order chi connectivity index (χ1) is 16.0. The Morgan fingerprint density at radius 3 is 2.64 bits per heavy atom. The van der Waals surface area contributed by atoms with Crippen LogP contribution in [-0.4, -0.2) is 39.9 Å². The number of pyridine rings is 1. The molecular weight excluding hydrogens is 444 g/mol. The van der Waals surface area contributed by atoms with E-state index < -0.39 is 17.7 Å². The van der Waals surface area contributed by atoms with Crippen LogP contribution in [0, 0.1) is 0 Å². The van der Waals surface area contributed by atoms with Crippen LogP contribution in [-0.2, 0) is 16.1 Å². The first-order valence-electron chi connectivity index (χ1n) is 10.4. The number of carbonyl (C=O) groups excluding carboxylic acids is 2. The lowest BCUT2D eigenvalue weighted by Crippen LogP contribution is -2.29. The van der Waals surface area contributed by atoms with Crippen molar-refractivity contribution >= 4 is 29.1 Å². The van der Waals surface area contributed by atoms with E-state index in [-0.39, 0.29) is 17.9 Å². The van der Waals surface area contributed by atoms with Gasteiger partial charge in [-0.05, 0) is 47.5 Å². The largest absolute Gasteiger partial charge is 0.507 e. The van der Waals surface area contributed by atoms with Crippen molar-refractivity contribution in [2.24, 2.45) is 0 Å². The monoisotopic (exact) mass is 462 g/mol. The number of amides is 1. The molecule has 2 aliphatic heterocycles. The molecule has 3 heterocycles. The summed E-state index contributed by atoms with van der Waals surface area (Å²) in [6.45, 7) is 0.968. The molecule has 1 N–H and O–H groups in total. The van der Waals surface area contributed by atoms with Crippen LogP contribution in [0.1, 0.15) is 22.7 Å². The maximum absolute atomic E-state index is 13.2. The first kappa shape index (κ1) is 21.0. The van der Waals surface area contributed by atoms with Crippen molar-refractivity contribution in [1.29, 1.82) is 0 Å². The quantitative estimate of drug-likeness (QED) is 0.356. The van der Waals surface area contributed by atoms with E-state index in [2.05, 4.69) is 4.98 Å². The maximum Gasteiger partial charge on any atom is 0.295 e. The van der Waals surface area contributed by atoms with Gasteiger partial charge in [0, 0.05) is 29.5 Å². The number of hydrogen-bond acceptors (Lipinski definition) is 6. The van der Waals surface area contributed by atoms with Crippen molar-refractivity contribution in [2.45, 2.75) is 12.6 Å². The highest BCUT2D eigenvalue weighted by Crippen LogP contribution is 2.42. The van der Waals surface area contributed by atoms with E-state index in [1.54, 1.807) is 60.9 Å². The van der Waals surface area contributed by atoms with E-state index in [4.69, 9.17) is 21.1 Å². The molecule has 33 heavy (non-hydrogen) atoms. The van der Waals surface area contributed by atoms with E-state index in [0.29, 0.717) is 40.9 Å². The van der Waals surface area contributed by atoms with E-state index in [1.165, 1.54) is 4.90 Å². The fourth-order valence-electron chi connectivity index (χ4n) is 4.10. The summed E-state index contributed by atoms with van der Waals surface area (Å²) in [4.78, 5) is 31.8. The molecule has 1 amide bonds. The molecule has 0 bridgehead atoms. The fourth-order valence-corrected chi connectivity index (χ4v) is 4.30. The molecule has 0 unspecified atom stereocenters. The molecule has 1 saturated heterocycles. The van der Waals surface area contributed by atoms with Crippen LogP contribution < -0.4 is 9.47 Å². The number of carbonyl (C=O) groups is 2. The fraction of sp³-hybridized carbons (Fsp3) is 0.160. The molecule has 1 atom stereocenters. The highest BCUT2D eigenvalue weighted by atomic mass is 35.5. The average Bonchev–Trinajstić information content (AvgIpc) is 3.09. The number of rotatable bonds is 4. The van der Waals surface area contributed by atoms with Gasteiger partial charge in [0.2, 0.25) is 0 Å². The molecular formula is C25H19ClN2O5. The highest BCUT2D eigenvalue weighted by Gasteiger charge is 2.46. The average molecular weight is 463 g/mol. The van der Waals surface area contributed by atoms with E-state index in [9.17, 15) is 14.7 Å². The number of aliphatic hydroxyl groups is 1. The van der Waals surface area contributed by atoms with Crippen molar-refractivity contribution < 1.29 is 24.2 Å². The Bertz CT molecular complexity index is 1270. The molecule has 0 aliphatic carbocycles. The summed E-state index contributed by atoms with van der Waals surface area (Å²) in [5.74, 6) is -0.737. The summed E-state index contributed by atoms with van der Waals surface area (Å²) >= 11 is 6.22. The summed E-state index contributed by atoms with van der Waals surface area (Å²) in [7, 11) is 0. The Labute approximate surface area is 194 Å². The number of halogens is 1. The van der Waals surface area contributed by atoms with Gasteiger partial charge in [-0.2, -0.15) is 0 Å². The number of fused-ring (bicyclic) bond motifs is 1. The lowest BCUT2D eigenvalue weighted by molar-refractivity contribution is -0.140. The third-order valence-electron chi connectivity index (χ3n) is 5.60. The number of ketones is 1. The highest BCUT2D eigenvalue weighted by molar-refractivity contribution is 6.46. The second-order valence-electron chi connectivity index (χ2n) is 7.70. The molecule has 0 saturated carbocycles. The van der Waals surface area contributed by atoms with E-state index in [1.807, 2.05) is 6.07 Å². The molecule has 1 fully saturated rings. The molecule has 2 aromatic carbocycles. The third kappa shape index (κ3) is 3.91. The number of nitrogens with zero attached hydrogens (tertiary/aromatic N) is 2. The standard InChI is InChI=1S/C25H19ClN2O5/c26-18-5-1-4-16(11-18)22-21(23(29)17-6-7-19-20(12-17)33-10-9-32-19)24(30)25(31)28(22)14-15-3-2-8-27-13-15/h1-8,11-13,22,29H,9-10,14H2/b23-21+/t22-/m0/s1. The molecule has 0 radical (unpaired) electrons. The molecule has 7 nitrogen and oxygen atoms in total. The van der Waals surface area contributed by atoms with Gasteiger partial charge in [-0.3, -0.25) is 14.6 Å². The Hall–Kier alpha value is -3.84. The van der Waals surface area contributed by atoms with Crippen LogP contribution >= 0.6 is 11.6 Å². The normalized spacial score (nSPS) is 19.1. The summed E-state index contributed by atoms with van der Waals surface area (Å²) in [6.07, 6.45) is 3.27. The summed E-state index contributed by atoms with van der Waals surface area (Å²) in [5.41, 5.74) is 1.71. The number of hydrogen-bond donors (Lipinski definition) is 1. The van der Waals surface area contributed by atoms with Crippen LogP contribution in [0.15, 0.2) is 72.6 Å². The topological polar surface area (TPSA) is 89.0 Å². The lowest BCUT2D eigenvalue weighted by atomic mass is 9.95. The molecule has 1 aromatic heterocycles. The number of ether oxygens (including phenoxy) is 2. The second kappa shape index (κ2) is 8.60. The number of aromatic nitrogens is 1. The van der Waals surface area contributed by atoms with Gasteiger partial charge in [-0.15, -0.1) is 0 Å². The van der Waals surface area contributed by atoms with Gasteiger partial charge in [0.1, 0.15) is 19.0 Å². The van der Waals surface area contributed by atoms with Crippen molar-refractivity contribution in [2.75, 3.05) is 13.2 Å². The van der Waals surface area contributed by atoms with Crippen molar-refractivity contribution in [3.05, 3.63) is 94.3 Å². The minimum absolute atomic E-state index is 0.0113. The van der Waals surface area contributed by atoms with Crippen LogP contribution in [0.4, 0.5) is 0 Å². The van der Waals surface area contributed by atoms with Crippen LogP contribution in [0.3, 0.4) is 0 Å². The third-order valence-corrected chi connectivity index (χ3v) is 5.83. The summed E-state index contributed by atoms with van der Waals surface area (Å²) < 4.78 is 11.1. The molecule has 166 valence electrons. The summed E-state index contributed by atoms with van der Waals surface area (Å²) in [6, 6.07) is 14.6.